The van der Waals surface area contributed by atoms with Gasteiger partial charge in [-0.15, -0.1) is 0 Å². The van der Waals surface area contributed by atoms with Crippen LogP contribution in [0.3, 0.4) is 0 Å². The SMILES string of the molecule is Cc1cccc(N(CC(=O)N(Cc2cccc(Br)c2)[C@H](C)C(=O)NC2CCCC2)S(=O)(=O)c2ccccc2)c1. The van der Waals surface area contributed by atoms with Gasteiger partial charge in [-0.1, -0.05) is 71.2 Å². The Morgan fingerprint density at radius 2 is 1.67 bits per heavy atom. The molecule has 1 atom stereocenters. The molecule has 39 heavy (non-hydrogen) atoms. The molecule has 0 aromatic heterocycles. The molecule has 0 spiro atoms. The average molecular weight is 613 g/mol. The van der Waals surface area contributed by atoms with E-state index in [9.17, 15) is 18.0 Å². The number of anilines is 1. The number of amides is 2. The highest BCUT2D eigenvalue weighted by molar-refractivity contribution is 9.10. The predicted molar refractivity (Wildman–Crippen MR) is 157 cm³/mol. The van der Waals surface area contributed by atoms with E-state index >= 15 is 0 Å². The van der Waals surface area contributed by atoms with E-state index in [-0.39, 0.29) is 23.4 Å². The molecule has 9 heteroatoms. The molecule has 4 rings (SSSR count). The Morgan fingerprint density at radius 3 is 2.33 bits per heavy atom. The van der Waals surface area contributed by atoms with Crippen molar-refractivity contribution in [3.8, 4) is 0 Å². The van der Waals surface area contributed by atoms with E-state index in [2.05, 4.69) is 21.2 Å². The summed E-state index contributed by atoms with van der Waals surface area (Å²) in [5.41, 5.74) is 2.08. The number of aryl methyl sites for hydroxylation is 1. The maximum atomic E-state index is 14.0. The first kappa shape index (κ1) is 28.8. The summed E-state index contributed by atoms with van der Waals surface area (Å²) in [5.74, 6) is -0.705. The summed E-state index contributed by atoms with van der Waals surface area (Å²) in [7, 11) is -4.07. The number of carbonyl (C=O) groups is 2. The normalized spacial score (nSPS) is 14.5. The summed E-state index contributed by atoms with van der Waals surface area (Å²) in [6, 6.07) is 21.9. The Balaban J connectivity index is 1.68. The van der Waals surface area contributed by atoms with E-state index in [1.165, 1.54) is 17.0 Å². The average Bonchev–Trinajstić information content (AvgIpc) is 3.43. The molecule has 1 aliphatic rings. The van der Waals surface area contributed by atoms with Gasteiger partial charge in [0.2, 0.25) is 11.8 Å². The number of hydrogen-bond acceptors (Lipinski definition) is 4. The van der Waals surface area contributed by atoms with Gasteiger partial charge in [0.15, 0.2) is 0 Å². The summed E-state index contributed by atoms with van der Waals surface area (Å²) in [5, 5.41) is 3.09. The molecule has 3 aromatic carbocycles. The Morgan fingerprint density at radius 1 is 0.974 bits per heavy atom. The second kappa shape index (κ2) is 12.8. The van der Waals surface area contributed by atoms with Crippen LogP contribution in [0.1, 0.15) is 43.7 Å². The van der Waals surface area contributed by atoms with Crippen molar-refractivity contribution in [2.24, 2.45) is 0 Å². The van der Waals surface area contributed by atoms with E-state index in [0.29, 0.717) is 5.69 Å². The van der Waals surface area contributed by atoms with Crippen LogP contribution in [-0.4, -0.2) is 43.8 Å². The third kappa shape index (κ3) is 7.28. The fourth-order valence-electron chi connectivity index (χ4n) is 4.84. The van der Waals surface area contributed by atoms with Crippen LogP contribution in [0.2, 0.25) is 0 Å². The first-order valence-corrected chi connectivity index (χ1v) is 15.4. The van der Waals surface area contributed by atoms with Gasteiger partial charge in [-0.05, 0) is 74.2 Å². The van der Waals surface area contributed by atoms with Crippen molar-refractivity contribution in [3.05, 3.63) is 94.5 Å². The van der Waals surface area contributed by atoms with Gasteiger partial charge >= 0.3 is 0 Å². The molecule has 7 nitrogen and oxygen atoms in total. The molecule has 1 aliphatic carbocycles. The van der Waals surface area contributed by atoms with Gasteiger partial charge in [-0.25, -0.2) is 8.42 Å². The number of halogens is 1. The summed E-state index contributed by atoms with van der Waals surface area (Å²) in [6.45, 7) is 3.27. The lowest BCUT2D eigenvalue weighted by atomic mass is 10.1. The van der Waals surface area contributed by atoms with Crippen molar-refractivity contribution in [2.75, 3.05) is 10.8 Å². The quantitative estimate of drug-likeness (QED) is 0.331. The second-order valence-corrected chi connectivity index (χ2v) is 12.8. The summed E-state index contributed by atoms with van der Waals surface area (Å²) < 4.78 is 29.6. The second-order valence-electron chi connectivity index (χ2n) is 9.98. The fourth-order valence-corrected chi connectivity index (χ4v) is 6.71. The first-order chi connectivity index (χ1) is 18.6. The van der Waals surface area contributed by atoms with Crippen LogP contribution in [0, 0.1) is 6.92 Å². The molecule has 1 fully saturated rings. The number of carbonyl (C=O) groups excluding carboxylic acids is 2. The van der Waals surface area contributed by atoms with Gasteiger partial charge in [-0.3, -0.25) is 13.9 Å². The topological polar surface area (TPSA) is 86.8 Å². The zero-order valence-electron chi connectivity index (χ0n) is 22.2. The Bertz CT molecular complexity index is 1410. The Labute approximate surface area is 239 Å². The van der Waals surface area contributed by atoms with Crippen molar-refractivity contribution in [1.29, 1.82) is 0 Å². The van der Waals surface area contributed by atoms with Gasteiger partial charge in [0.05, 0.1) is 10.6 Å². The van der Waals surface area contributed by atoms with Crippen LogP contribution in [0.4, 0.5) is 5.69 Å². The third-order valence-electron chi connectivity index (χ3n) is 7.01. The van der Waals surface area contributed by atoms with E-state index in [0.717, 1.165) is 45.6 Å². The molecular formula is C30H34BrN3O4S. The number of benzene rings is 3. The smallest absolute Gasteiger partial charge is 0.264 e. The molecule has 3 aromatic rings. The maximum absolute atomic E-state index is 14.0. The van der Waals surface area contributed by atoms with Gasteiger partial charge in [0.25, 0.3) is 10.0 Å². The number of hydrogen-bond donors (Lipinski definition) is 1. The zero-order chi connectivity index (χ0) is 28.0. The highest BCUT2D eigenvalue weighted by atomic mass is 79.9. The maximum Gasteiger partial charge on any atom is 0.264 e. The summed E-state index contributed by atoms with van der Waals surface area (Å²) in [6.07, 6.45) is 3.99. The van der Waals surface area contributed by atoms with Crippen LogP contribution < -0.4 is 9.62 Å². The minimum Gasteiger partial charge on any atom is -0.352 e. The molecule has 206 valence electrons. The van der Waals surface area contributed by atoms with E-state index < -0.39 is 28.5 Å². The molecule has 0 heterocycles. The molecule has 2 amide bonds. The number of rotatable bonds is 10. The standard InChI is InChI=1S/C30H34BrN3O4S/c1-22-10-8-15-27(18-22)34(39(37,38)28-16-4-3-5-17-28)21-29(35)33(20-24-11-9-12-25(31)19-24)23(2)30(36)32-26-13-6-7-14-26/h3-5,8-12,15-19,23,26H,6-7,13-14,20-21H2,1-2H3,(H,32,36)/t23-/m1/s1. The van der Waals surface area contributed by atoms with Crippen LogP contribution >= 0.6 is 15.9 Å². The van der Waals surface area contributed by atoms with Crippen LogP contribution in [0.5, 0.6) is 0 Å². The van der Waals surface area contributed by atoms with Crippen molar-refractivity contribution in [3.63, 3.8) is 0 Å². The van der Waals surface area contributed by atoms with Crippen LogP contribution in [0.15, 0.2) is 88.2 Å². The molecule has 1 N–H and O–H groups in total. The minimum atomic E-state index is -4.07. The van der Waals surface area contributed by atoms with Gasteiger partial charge in [-0.2, -0.15) is 0 Å². The van der Waals surface area contributed by atoms with Crippen LogP contribution in [-0.2, 0) is 26.2 Å². The number of nitrogens with one attached hydrogen (secondary N) is 1. The molecule has 0 radical (unpaired) electrons. The van der Waals surface area contributed by atoms with Gasteiger partial charge in [0, 0.05) is 17.1 Å². The summed E-state index contributed by atoms with van der Waals surface area (Å²) >= 11 is 3.47. The molecule has 1 saturated carbocycles. The van der Waals surface area contributed by atoms with Gasteiger partial charge in [0.1, 0.15) is 12.6 Å². The van der Waals surface area contributed by atoms with E-state index in [4.69, 9.17) is 0 Å². The zero-order valence-corrected chi connectivity index (χ0v) is 24.6. The largest absolute Gasteiger partial charge is 0.352 e. The predicted octanol–water partition coefficient (Wildman–Crippen LogP) is 5.43. The minimum absolute atomic E-state index is 0.0878. The third-order valence-corrected chi connectivity index (χ3v) is 9.29. The van der Waals surface area contributed by atoms with E-state index in [1.807, 2.05) is 37.3 Å². The Kier molecular flexibility index (Phi) is 9.45. The monoisotopic (exact) mass is 611 g/mol. The molecule has 0 bridgehead atoms. The van der Waals surface area contributed by atoms with Crippen molar-refractivity contribution < 1.29 is 18.0 Å². The molecular weight excluding hydrogens is 578 g/mol. The Hall–Kier alpha value is -3.17. The number of nitrogens with zero attached hydrogens (tertiary/aromatic N) is 2. The molecule has 0 aliphatic heterocycles. The van der Waals surface area contributed by atoms with Gasteiger partial charge < -0.3 is 10.2 Å². The highest BCUT2D eigenvalue weighted by Crippen LogP contribution is 2.26. The number of sulfonamides is 1. The van der Waals surface area contributed by atoms with Crippen LogP contribution in [0.25, 0.3) is 0 Å². The van der Waals surface area contributed by atoms with Crippen molar-refractivity contribution >= 4 is 43.5 Å². The first-order valence-electron chi connectivity index (χ1n) is 13.1. The lowest BCUT2D eigenvalue weighted by Crippen LogP contribution is -2.52. The lowest BCUT2D eigenvalue weighted by Gasteiger charge is -2.32. The van der Waals surface area contributed by atoms with Crippen molar-refractivity contribution in [2.45, 2.75) is 63.1 Å². The van der Waals surface area contributed by atoms with E-state index in [1.54, 1.807) is 43.3 Å². The highest BCUT2D eigenvalue weighted by Gasteiger charge is 2.33. The lowest BCUT2D eigenvalue weighted by molar-refractivity contribution is -0.139. The molecule has 0 saturated heterocycles. The molecule has 0 unspecified atom stereocenters. The summed E-state index contributed by atoms with van der Waals surface area (Å²) in [4.78, 5) is 28.8. The van der Waals surface area contributed by atoms with Crippen molar-refractivity contribution in [1.82, 2.24) is 10.2 Å². The fraction of sp³-hybridized carbons (Fsp3) is 0.333.